The van der Waals surface area contributed by atoms with Gasteiger partial charge in [0.1, 0.15) is 0 Å². The van der Waals surface area contributed by atoms with Crippen molar-refractivity contribution in [3.05, 3.63) is 0 Å². The molecule has 3 fully saturated rings. The third kappa shape index (κ3) is 5.33. The molecule has 144 valence electrons. The van der Waals surface area contributed by atoms with Crippen molar-refractivity contribution in [2.75, 3.05) is 24.2 Å². The van der Waals surface area contributed by atoms with Crippen LogP contribution in [0.15, 0.2) is 4.34 Å². The first-order chi connectivity index (χ1) is 12.8. The largest absolute Gasteiger partial charge is 0.357 e. The van der Waals surface area contributed by atoms with Crippen molar-refractivity contribution in [3.63, 3.8) is 0 Å². The van der Waals surface area contributed by atoms with Gasteiger partial charge in [-0.25, -0.2) is 0 Å². The lowest BCUT2D eigenvalue weighted by Crippen LogP contribution is -2.45. The molecule has 2 heterocycles. The molecule has 3 aliphatic rings. The van der Waals surface area contributed by atoms with Gasteiger partial charge < -0.3 is 15.5 Å². The SMILES string of the molecule is O=C(CSc1nnc(NC2CCCCC2)s1)NC1CCN(C2CC2)CC1. The highest BCUT2D eigenvalue weighted by molar-refractivity contribution is 8.01. The van der Waals surface area contributed by atoms with Crippen LogP contribution in [0.25, 0.3) is 0 Å². The smallest absolute Gasteiger partial charge is 0.230 e. The second-order valence-corrected chi connectivity index (χ2v) is 9.95. The van der Waals surface area contributed by atoms with Crippen LogP contribution in [0.2, 0.25) is 0 Å². The minimum Gasteiger partial charge on any atom is -0.357 e. The van der Waals surface area contributed by atoms with Crippen molar-refractivity contribution < 1.29 is 4.79 Å². The molecule has 0 bridgehead atoms. The summed E-state index contributed by atoms with van der Waals surface area (Å²) in [5, 5.41) is 16.0. The Balaban J connectivity index is 1.15. The van der Waals surface area contributed by atoms with Crippen molar-refractivity contribution in [2.45, 2.75) is 80.3 Å². The number of amides is 1. The molecule has 8 heteroatoms. The number of hydrogen-bond acceptors (Lipinski definition) is 7. The Bertz CT molecular complexity index is 592. The fraction of sp³-hybridized carbons (Fsp3) is 0.833. The molecule has 0 aromatic carbocycles. The molecule has 1 aliphatic heterocycles. The van der Waals surface area contributed by atoms with Gasteiger partial charge in [0.2, 0.25) is 11.0 Å². The van der Waals surface area contributed by atoms with Gasteiger partial charge in [-0.1, -0.05) is 42.4 Å². The summed E-state index contributed by atoms with van der Waals surface area (Å²) in [6.45, 7) is 2.27. The summed E-state index contributed by atoms with van der Waals surface area (Å²) in [7, 11) is 0. The summed E-state index contributed by atoms with van der Waals surface area (Å²) in [6, 6.07) is 1.73. The van der Waals surface area contributed by atoms with Gasteiger partial charge in [0.25, 0.3) is 0 Å². The van der Waals surface area contributed by atoms with Gasteiger partial charge in [0, 0.05) is 31.2 Å². The standard InChI is InChI=1S/C18H29N5OS2/c24-16(19-14-8-10-23(11-9-14)15-6-7-15)12-25-18-22-21-17(26-18)20-13-4-2-1-3-5-13/h13-15H,1-12H2,(H,19,24)(H,20,21). The number of hydrogen-bond donors (Lipinski definition) is 2. The van der Waals surface area contributed by atoms with Crippen LogP contribution in [0, 0.1) is 0 Å². The molecule has 1 saturated heterocycles. The second-order valence-electron chi connectivity index (χ2n) is 7.75. The van der Waals surface area contributed by atoms with Gasteiger partial charge in [-0.15, -0.1) is 10.2 Å². The molecule has 1 amide bonds. The van der Waals surface area contributed by atoms with E-state index in [9.17, 15) is 4.79 Å². The molecule has 26 heavy (non-hydrogen) atoms. The number of nitrogens with zero attached hydrogens (tertiary/aromatic N) is 3. The summed E-state index contributed by atoms with van der Waals surface area (Å²) < 4.78 is 0.877. The first kappa shape index (κ1) is 18.5. The maximum absolute atomic E-state index is 12.2. The van der Waals surface area contributed by atoms with E-state index in [4.69, 9.17) is 0 Å². The molecule has 2 saturated carbocycles. The Kier molecular flexibility index (Phi) is 6.32. The van der Waals surface area contributed by atoms with Crippen molar-refractivity contribution in [1.29, 1.82) is 0 Å². The number of aromatic nitrogens is 2. The lowest BCUT2D eigenvalue weighted by Gasteiger charge is -2.32. The zero-order valence-electron chi connectivity index (χ0n) is 15.3. The number of rotatable bonds is 7. The highest BCUT2D eigenvalue weighted by atomic mass is 32.2. The molecule has 0 spiro atoms. The molecule has 1 aromatic rings. The van der Waals surface area contributed by atoms with E-state index in [0.29, 0.717) is 17.8 Å². The van der Waals surface area contributed by atoms with Gasteiger partial charge in [-0.2, -0.15) is 0 Å². The van der Waals surface area contributed by atoms with E-state index >= 15 is 0 Å². The first-order valence-corrected chi connectivity index (χ1v) is 11.8. The van der Waals surface area contributed by atoms with Crippen LogP contribution in [-0.4, -0.2) is 58.0 Å². The Labute approximate surface area is 163 Å². The summed E-state index contributed by atoms with van der Waals surface area (Å²) in [6.07, 6.45) is 11.3. The van der Waals surface area contributed by atoms with Crippen molar-refractivity contribution in [2.24, 2.45) is 0 Å². The van der Waals surface area contributed by atoms with E-state index in [1.165, 1.54) is 56.7 Å². The van der Waals surface area contributed by atoms with Crippen LogP contribution in [0.5, 0.6) is 0 Å². The van der Waals surface area contributed by atoms with Gasteiger partial charge in [0.15, 0.2) is 4.34 Å². The van der Waals surface area contributed by atoms with Gasteiger partial charge in [0.05, 0.1) is 5.75 Å². The maximum atomic E-state index is 12.2. The molecule has 6 nitrogen and oxygen atoms in total. The molecule has 4 rings (SSSR count). The summed E-state index contributed by atoms with van der Waals surface area (Å²) in [4.78, 5) is 14.8. The van der Waals surface area contributed by atoms with E-state index < -0.39 is 0 Å². The van der Waals surface area contributed by atoms with E-state index in [2.05, 4.69) is 25.7 Å². The van der Waals surface area contributed by atoms with E-state index in [-0.39, 0.29) is 5.91 Å². The molecule has 2 N–H and O–H groups in total. The third-order valence-corrected chi connectivity index (χ3v) is 7.61. The number of thioether (sulfide) groups is 1. The number of nitrogens with one attached hydrogen (secondary N) is 2. The Hall–Kier alpha value is -0.860. The Morgan fingerprint density at radius 3 is 2.54 bits per heavy atom. The monoisotopic (exact) mass is 395 g/mol. The summed E-state index contributed by atoms with van der Waals surface area (Å²) in [5.41, 5.74) is 0. The fourth-order valence-corrected chi connectivity index (χ4v) is 5.63. The number of anilines is 1. The van der Waals surface area contributed by atoms with Gasteiger partial charge in [-0.05, 0) is 38.5 Å². The normalized spacial score (nSPS) is 23.1. The third-order valence-electron chi connectivity index (χ3n) is 5.62. The van der Waals surface area contributed by atoms with Crippen molar-refractivity contribution in [3.8, 4) is 0 Å². The van der Waals surface area contributed by atoms with E-state index in [0.717, 1.165) is 41.4 Å². The number of carbonyl (C=O) groups is 1. The zero-order valence-corrected chi connectivity index (χ0v) is 16.9. The van der Waals surface area contributed by atoms with Crippen LogP contribution in [0.4, 0.5) is 5.13 Å². The Morgan fingerprint density at radius 2 is 1.81 bits per heavy atom. The molecule has 0 radical (unpaired) electrons. The minimum atomic E-state index is 0.122. The molecule has 2 aliphatic carbocycles. The number of likely N-dealkylation sites (tertiary alicyclic amines) is 1. The van der Waals surface area contributed by atoms with Crippen molar-refractivity contribution in [1.82, 2.24) is 20.4 Å². The van der Waals surface area contributed by atoms with Crippen LogP contribution < -0.4 is 10.6 Å². The topological polar surface area (TPSA) is 70.1 Å². The lowest BCUT2D eigenvalue weighted by atomic mass is 9.96. The van der Waals surface area contributed by atoms with Gasteiger partial charge >= 0.3 is 0 Å². The molecular weight excluding hydrogens is 366 g/mol. The number of piperidine rings is 1. The van der Waals surface area contributed by atoms with E-state index in [1.54, 1.807) is 11.3 Å². The molecule has 1 aromatic heterocycles. The first-order valence-electron chi connectivity index (χ1n) is 10.0. The maximum Gasteiger partial charge on any atom is 0.230 e. The second kappa shape index (κ2) is 8.89. The molecular formula is C18H29N5OS2. The summed E-state index contributed by atoms with van der Waals surface area (Å²) >= 11 is 3.07. The van der Waals surface area contributed by atoms with Gasteiger partial charge in [-0.3, -0.25) is 4.79 Å². The van der Waals surface area contributed by atoms with Crippen LogP contribution in [0.1, 0.15) is 57.8 Å². The van der Waals surface area contributed by atoms with Crippen LogP contribution in [0.3, 0.4) is 0 Å². The predicted octanol–water partition coefficient (Wildman–Crippen LogP) is 3.12. The predicted molar refractivity (Wildman–Crippen MR) is 107 cm³/mol. The average Bonchev–Trinajstić information content (AvgIpc) is 3.42. The fourth-order valence-electron chi connectivity index (χ4n) is 3.99. The quantitative estimate of drug-likeness (QED) is 0.691. The Morgan fingerprint density at radius 1 is 1.04 bits per heavy atom. The zero-order chi connectivity index (χ0) is 17.8. The minimum absolute atomic E-state index is 0.122. The van der Waals surface area contributed by atoms with Crippen molar-refractivity contribution >= 4 is 34.1 Å². The van der Waals surface area contributed by atoms with Crippen LogP contribution in [-0.2, 0) is 4.79 Å². The van der Waals surface area contributed by atoms with E-state index in [1.807, 2.05) is 0 Å². The molecule has 0 atom stereocenters. The highest BCUT2D eigenvalue weighted by Gasteiger charge is 2.32. The lowest BCUT2D eigenvalue weighted by molar-refractivity contribution is -0.119. The molecule has 0 unspecified atom stereocenters. The average molecular weight is 396 g/mol. The number of carbonyl (C=O) groups excluding carboxylic acids is 1. The summed E-state index contributed by atoms with van der Waals surface area (Å²) in [5.74, 6) is 0.554. The van der Waals surface area contributed by atoms with Crippen LogP contribution >= 0.6 is 23.1 Å². The highest BCUT2D eigenvalue weighted by Crippen LogP contribution is 2.30.